The van der Waals surface area contributed by atoms with Gasteiger partial charge in [-0.2, -0.15) is 0 Å². The molecule has 2 N–H and O–H groups in total. The molecule has 18 heavy (non-hydrogen) atoms. The van der Waals surface area contributed by atoms with E-state index in [-0.39, 0.29) is 17.2 Å². The van der Waals surface area contributed by atoms with Gasteiger partial charge in [0, 0.05) is 11.0 Å². The Labute approximate surface area is 106 Å². The van der Waals surface area contributed by atoms with Gasteiger partial charge in [-0.05, 0) is 23.9 Å². The van der Waals surface area contributed by atoms with Gasteiger partial charge in [-0.3, -0.25) is 4.79 Å². The van der Waals surface area contributed by atoms with Gasteiger partial charge in [0.1, 0.15) is 0 Å². The number of nitrogens with one attached hydrogen (secondary N) is 1. The van der Waals surface area contributed by atoms with Crippen LogP contribution >= 0.6 is 11.8 Å². The second-order valence-electron chi connectivity index (χ2n) is 3.67. The molecule has 2 aromatic rings. The Hall–Kier alpha value is -2.21. The maximum Gasteiger partial charge on any atom is 0.371 e. The largest absolute Gasteiger partial charge is 0.475 e. The monoisotopic (exact) mass is 261 g/mol. The van der Waals surface area contributed by atoms with Gasteiger partial charge in [-0.1, -0.05) is 12.1 Å². The summed E-state index contributed by atoms with van der Waals surface area (Å²) in [4.78, 5) is 23.6. The summed E-state index contributed by atoms with van der Waals surface area (Å²) in [6.45, 7) is 0. The zero-order chi connectivity index (χ0) is 12.7. The first-order chi connectivity index (χ1) is 8.65. The number of hydrogen-bond donors (Lipinski definition) is 2. The Kier molecular flexibility index (Phi) is 2.38. The standard InChI is InChI=1S/C12H7NO4S/c14-10-6-5-8(11(15)16)17-12(6)18-9-4-2-1-3-7(9)13-10/h1-5H,(H,13,14)(H,15,16). The zero-order valence-electron chi connectivity index (χ0n) is 8.97. The van der Waals surface area contributed by atoms with Gasteiger partial charge in [0.2, 0.25) is 5.76 Å². The van der Waals surface area contributed by atoms with Crippen LogP contribution < -0.4 is 5.32 Å². The summed E-state index contributed by atoms with van der Waals surface area (Å²) < 4.78 is 5.18. The summed E-state index contributed by atoms with van der Waals surface area (Å²) in [6.07, 6.45) is 0. The molecule has 0 fully saturated rings. The molecule has 1 aliphatic rings. The highest BCUT2D eigenvalue weighted by atomic mass is 32.2. The number of carbonyl (C=O) groups excluding carboxylic acids is 1. The molecule has 0 aliphatic carbocycles. The van der Waals surface area contributed by atoms with Gasteiger partial charge >= 0.3 is 5.97 Å². The van der Waals surface area contributed by atoms with E-state index < -0.39 is 5.97 Å². The molecule has 2 heterocycles. The summed E-state index contributed by atoms with van der Waals surface area (Å²) in [6, 6.07) is 8.51. The molecule has 90 valence electrons. The highest BCUT2D eigenvalue weighted by molar-refractivity contribution is 7.99. The van der Waals surface area contributed by atoms with Crippen molar-refractivity contribution < 1.29 is 19.1 Å². The van der Waals surface area contributed by atoms with Crippen molar-refractivity contribution in [1.82, 2.24) is 0 Å². The summed E-state index contributed by atoms with van der Waals surface area (Å²) in [7, 11) is 0. The van der Waals surface area contributed by atoms with Crippen LogP contribution in [0.2, 0.25) is 0 Å². The lowest BCUT2D eigenvalue weighted by atomic mass is 10.2. The minimum absolute atomic E-state index is 0.234. The number of carboxylic acid groups (broad SMARTS) is 1. The summed E-state index contributed by atoms with van der Waals surface area (Å²) >= 11 is 1.23. The highest BCUT2D eigenvalue weighted by Gasteiger charge is 2.26. The lowest BCUT2D eigenvalue weighted by molar-refractivity contribution is 0.0656. The quantitative estimate of drug-likeness (QED) is 0.825. The van der Waals surface area contributed by atoms with Crippen molar-refractivity contribution in [2.75, 3.05) is 5.32 Å². The molecule has 1 aromatic carbocycles. The van der Waals surface area contributed by atoms with Crippen molar-refractivity contribution in [3.05, 3.63) is 41.7 Å². The van der Waals surface area contributed by atoms with Gasteiger partial charge in [-0.25, -0.2) is 4.79 Å². The molecule has 6 heteroatoms. The van der Waals surface area contributed by atoms with Gasteiger partial charge in [-0.15, -0.1) is 0 Å². The first-order valence-corrected chi connectivity index (χ1v) is 5.92. The van der Waals surface area contributed by atoms with Crippen molar-refractivity contribution in [2.45, 2.75) is 9.99 Å². The minimum Gasteiger partial charge on any atom is -0.475 e. The fourth-order valence-corrected chi connectivity index (χ4v) is 2.63. The number of furan rings is 1. The van der Waals surface area contributed by atoms with E-state index in [4.69, 9.17) is 9.52 Å². The number of carbonyl (C=O) groups is 2. The van der Waals surface area contributed by atoms with E-state index in [1.54, 1.807) is 6.07 Å². The van der Waals surface area contributed by atoms with Crippen molar-refractivity contribution in [3.8, 4) is 0 Å². The summed E-state index contributed by atoms with van der Waals surface area (Å²) in [5, 5.41) is 11.9. The van der Waals surface area contributed by atoms with E-state index >= 15 is 0 Å². The number of aromatic carboxylic acids is 1. The smallest absolute Gasteiger partial charge is 0.371 e. The Morgan fingerprint density at radius 3 is 2.89 bits per heavy atom. The van der Waals surface area contributed by atoms with Crippen molar-refractivity contribution >= 4 is 29.3 Å². The van der Waals surface area contributed by atoms with Crippen LogP contribution in [0.3, 0.4) is 0 Å². The van der Waals surface area contributed by atoms with Crippen LogP contribution in [-0.2, 0) is 0 Å². The molecule has 0 radical (unpaired) electrons. The van der Waals surface area contributed by atoms with E-state index in [1.165, 1.54) is 17.8 Å². The molecule has 3 rings (SSSR count). The number of benzene rings is 1. The number of rotatable bonds is 1. The average molecular weight is 261 g/mol. The third kappa shape index (κ3) is 1.67. The molecule has 0 saturated carbocycles. The second kappa shape index (κ2) is 3.92. The predicted molar refractivity (Wildman–Crippen MR) is 64.2 cm³/mol. The molecule has 0 unspecified atom stereocenters. The number of anilines is 1. The number of hydrogen-bond acceptors (Lipinski definition) is 4. The maximum absolute atomic E-state index is 11.9. The third-order valence-corrected chi connectivity index (χ3v) is 3.56. The van der Waals surface area contributed by atoms with Crippen LogP contribution in [0.4, 0.5) is 5.69 Å². The molecular weight excluding hydrogens is 254 g/mol. The zero-order valence-corrected chi connectivity index (χ0v) is 9.78. The molecule has 5 nitrogen and oxygen atoms in total. The summed E-state index contributed by atoms with van der Waals surface area (Å²) in [5.41, 5.74) is 0.935. The van der Waals surface area contributed by atoms with Crippen LogP contribution in [-0.4, -0.2) is 17.0 Å². The average Bonchev–Trinajstić information content (AvgIpc) is 2.71. The van der Waals surface area contributed by atoms with E-state index in [1.807, 2.05) is 18.2 Å². The van der Waals surface area contributed by atoms with Crippen LogP contribution in [0, 0.1) is 0 Å². The Morgan fingerprint density at radius 1 is 1.33 bits per heavy atom. The van der Waals surface area contributed by atoms with E-state index in [9.17, 15) is 9.59 Å². The van der Waals surface area contributed by atoms with Crippen molar-refractivity contribution in [1.29, 1.82) is 0 Å². The van der Waals surface area contributed by atoms with E-state index in [0.29, 0.717) is 10.8 Å². The van der Waals surface area contributed by atoms with Crippen molar-refractivity contribution in [2.24, 2.45) is 0 Å². The Balaban J connectivity index is 2.13. The topological polar surface area (TPSA) is 79.5 Å². The minimum atomic E-state index is -1.19. The number of amides is 1. The molecule has 0 saturated heterocycles. The number of fused-ring (bicyclic) bond motifs is 2. The van der Waals surface area contributed by atoms with Gasteiger partial charge in [0.25, 0.3) is 5.91 Å². The van der Waals surface area contributed by atoms with E-state index in [0.717, 1.165) is 4.90 Å². The van der Waals surface area contributed by atoms with Crippen molar-refractivity contribution in [3.63, 3.8) is 0 Å². The first-order valence-electron chi connectivity index (χ1n) is 5.10. The predicted octanol–water partition coefficient (Wildman–Crippen LogP) is 2.69. The fraction of sp³-hybridized carbons (Fsp3) is 0. The normalized spacial score (nSPS) is 13.2. The lowest BCUT2D eigenvalue weighted by Gasteiger charge is -2.03. The first kappa shape index (κ1) is 10.9. The van der Waals surface area contributed by atoms with Gasteiger partial charge < -0.3 is 14.8 Å². The SMILES string of the molecule is O=C(O)c1cc2c(o1)Sc1ccccc1NC2=O. The van der Waals surface area contributed by atoms with Crippen LogP contribution in [0.25, 0.3) is 0 Å². The highest BCUT2D eigenvalue weighted by Crippen LogP contribution is 2.39. The molecule has 0 spiro atoms. The summed E-state index contributed by atoms with van der Waals surface area (Å²) in [5.74, 6) is -1.79. The third-order valence-electron chi connectivity index (χ3n) is 2.49. The molecular formula is C12H7NO4S. The maximum atomic E-state index is 11.9. The van der Waals surface area contributed by atoms with Crippen LogP contribution in [0.5, 0.6) is 0 Å². The van der Waals surface area contributed by atoms with Gasteiger partial charge in [0.15, 0.2) is 5.09 Å². The Bertz CT molecular complexity index is 662. The van der Waals surface area contributed by atoms with Gasteiger partial charge in [0.05, 0.1) is 11.3 Å². The molecule has 1 amide bonds. The number of para-hydroxylation sites is 1. The van der Waals surface area contributed by atoms with E-state index in [2.05, 4.69) is 5.32 Å². The fourth-order valence-electron chi connectivity index (χ4n) is 1.66. The molecule has 0 bridgehead atoms. The Morgan fingerprint density at radius 2 is 2.11 bits per heavy atom. The number of carboxylic acids is 1. The van der Waals surface area contributed by atoms with Crippen LogP contribution in [0.1, 0.15) is 20.9 Å². The molecule has 1 aromatic heterocycles. The molecule has 0 atom stereocenters. The lowest BCUT2D eigenvalue weighted by Crippen LogP contribution is -2.10. The molecule has 1 aliphatic heterocycles. The second-order valence-corrected chi connectivity index (χ2v) is 4.68. The van der Waals surface area contributed by atoms with Crippen LogP contribution in [0.15, 0.2) is 44.7 Å².